The fourth-order valence-corrected chi connectivity index (χ4v) is 3.03. The van der Waals surface area contributed by atoms with Crippen LogP contribution in [0.5, 0.6) is 5.75 Å². The summed E-state index contributed by atoms with van der Waals surface area (Å²) in [6.45, 7) is 1.42. The molecule has 0 fully saturated rings. The fourth-order valence-electron chi connectivity index (χ4n) is 3.03. The van der Waals surface area contributed by atoms with Crippen LogP contribution in [0.3, 0.4) is 0 Å². The molecule has 0 unspecified atom stereocenters. The number of hydrogen-bond acceptors (Lipinski definition) is 5. The first-order valence-electron chi connectivity index (χ1n) is 8.20. The predicted molar refractivity (Wildman–Crippen MR) is 101 cm³/mol. The average molecular weight is 338 g/mol. The number of nitrogens with zero attached hydrogens (tertiary/aromatic N) is 3. The van der Waals surface area contributed by atoms with Gasteiger partial charge in [-0.2, -0.15) is 0 Å². The van der Waals surface area contributed by atoms with Crippen LogP contribution in [-0.4, -0.2) is 40.2 Å². The molecule has 2 heterocycles. The van der Waals surface area contributed by atoms with Gasteiger partial charge in [-0.25, -0.2) is 4.98 Å². The van der Waals surface area contributed by atoms with Crippen LogP contribution in [0, 0.1) is 0 Å². The van der Waals surface area contributed by atoms with Gasteiger partial charge in [-0.15, -0.1) is 0 Å². The minimum atomic E-state index is -0.247. The van der Waals surface area contributed by atoms with Crippen LogP contribution in [0.25, 0.3) is 22.2 Å². The van der Waals surface area contributed by atoms with Crippen molar-refractivity contribution >= 4 is 16.7 Å². The second kappa shape index (κ2) is 6.94. The Hall–Kier alpha value is -2.86. The fraction of sp³-hybridized carbons (Fsp3) is 0.263. The lowest BCUT2D eigenvalue weighted by molar-refractivity contribution is 0.386. The van der Waals surface area contributed by atoms with Crippen LogP contribution in [0.15, 0.2) is 47.4 Å². The highest BCUT2D eigenvalue weighted by atomic mass is 16.3. The Labute approximate surface area is 146 Å². The lowest BCUT2D eigenvalue weighted by Crippen LogP contribution is -2.26. The van der Waals surface area contributed by atoms with E-state index in [1.54, 1.807) is 29.0 Å². The number of phenolic OH excluding ortho intramolecular Hbond substituents is 1. The third kappa shape index (κ3) is 3.34. The molecule has 25 heavy (non-hydrogen) atoms. The smallest absolute Gasteiger partial charge is 0.275 e. The van der Waals surface area contributed by atoms with Gasteiger partial charge in [0.25, 0.3) is 5.56 Å². The van der Waals surface area contributed by atoms with Crippen molar-refractivity contribution < 1.29 is 5.11 Å². The predicted octanol–water partition coefficient (Wildman–Crippen LogP) is 2.30. The molecule has 0 amide bonds. The molecule has 0 aliphatic carbocycles. The Kier molecular flexibility index (Phi) is 4.72. The summed E-state index contributed by atoms with van der Waals surface area (Å²) in [5.74, 6) is 0.129. The Bertz CT molecular complexity index is 963. The largest absolute Gasteiger partial charge is 0.508 e. The van der Waals surface area contributed by atoms with Gasteiger partial charge < -0.3 is 15.7 Å². The van der Waals surface area contributed by atoms with Crippen LogP contribution in [0.1, 0.15) is 6.42 Å². The molecule has 3 aromatic rings. The molecule has 0 aliphatic rings. The first-order chi connectivity index (χ1) is 12.0. The molecular weight excluding hydrogens is 316 g/mol. The number of hydrogen-bond donors (Lipinski definition) is 2. The number of aromatic nitrogens is 2. The molecule has 0 spiro atoms. The molecule has 2 aromatic heterocycles. The molecule has 0 saturated carbocycles. The zero-order valence-electron chi connectivity index (χ0n) is 14.4. The van der Waals surface area contributed by atoms with Crippen molar-refractivity contribution in [3.8, 4) is 16.9 Å². The minimum Gasteiger partial charge on any atom is -0.508 e. The van der Waals surface area contributed by atoms with Gasteiger partial charge in [0.2, 0.25) is 0 Å². The third-order valence-electron chi connectivity index (χ3n) is 4.18. The number of nitrogens with two attached hydrogens (primary N) is 1. The third-order valence-corrected chi connectivity index (χ3v) is 4.18. The summed E-state index contributed by atoms with van der Waals surface area (Å²) >= 11 is 0. The maximum Gasteiger partial charge on any atom is 0.275 e. The number of benzene rings is 1. The molecule has 3 N–H and O–H groups in total. The van der Waals surface area contributed by atoms with Gasteiger partial charge in [-0.3, -0.25) is 9.36 Å². The number of anilines is 1. The number of nitrogen functional groups attached to an aromatic ring is 1. The topological polar surface area (TPSA) is 84.4 Å². The van der Waals surface area contributed by atoms with Crippen molar-refractivity contribution in [3.05, 3.63) is 52.9 Å². The van der Waals surface area contributed by atoms with E-state index in [0.29, 0.717) is 23.3 Å². The van der Waals surface area contributed by atoms with Gasteiger partial charge in [-0.05, 0) is 56.9 Å². The van der Waals surface area contributed by atoms with E-state index in [1.807, 2.05) is 32.3 Å². The minimum absolute atomic E-state index is 0.129. The van der Waals surface area contributed by atoms with E-state index < -0.39 is 0 Å². The first-order valence-corrected chi connectivity index (χ1v) is 8.20. The molecule has 6 nitrogen and oxygen atoms in total. The number of phenols is 1. The van der Waals surface area contributed by atoms with Crippen molar-refractivity contribution in [2.75, 3.05) is 26.4 Å². The van der Waals surface area contributed by atoms with Crippen LogP contribution in [-0.2, 0) is 6.54 Å². The van der Waals surface area contributed by atoms with Crippen LogP contribution < -0.4 is 11.3 Å². The highest BCUT2D eigenvalue weighted by Gasteiger charge is 2.17. The second-order valence-electron chi connectivity index (χ2n) is 6.33. The molecule has 130 valence electrons. The molecular formula is C19H22N4O2. The van der Waals surface area contributed by atoms with Gasteiger partial charge in [0.05, 0.1) is 0 Å². The standard InChI is InChI=1S/C19H22N4O2/c1-22(2)10-5-11-23-18-15(8-4-9-21-18)16(17(20)19(23)25)13-6-3-7-14(24)12-13/h3-4,6-9,12,24H,5,10-11,20H2,1-2H3. The summed E-state index contributed by atoms with van der Waals surface area (Å²) < 4.78 is 1.64. The molecule has 1 aromatic carbocycles. The summed E-state index contributed by atoms with van der Waals surface area (Å²) in [6, 6.07) is 10.5. The van der Waals surface area contributed by atoms with E-state index in [1.165, 1.54) is 0 Å². The highest BCUT2D eigenvalue weighted by molar-refractivity contribution is 5.99. The van der Waals surface area contributed by atoms with Gasteiger partial charge in [0, 0.05) is 23.7 Å². The lowest BCUT2D eigenvalue weighted by Gasteiger charge is -2.16. The normalized spacial score (nSPS) is 11.3. The van der Waals surface area contributed by atoms with Crippen molar-refractivity contribution in [2.24, 2.45) is 0 Å². The number of rotatable bonds is 5. The summed E-state index contributed by atoms with van der Waals surface area (Å²) in [4.78, 5) is 19.4. The zero-order valence-corrected chi connectivity index (χ0v) is 14.4. The van der Waals surface area contributed by atoms with E-state index in [4.69, 9.17) is 5.73 Å². The Balaban J connectivity index is 2.21. The van der Waals surface area contributed by atoms with Crippen molar-refractivity contribution in [1.82, 2.24) is 14.5 Å². The molecule has 0 aliphatic heterocycles. The summed E-state index contributed by atoms with van der Waals surface area (Å²) in [5, 5.41) is 10.6. The number of fused-ring (bicyclic) bond motifs is 1. The maximum absolute atomic E-state index is 12.9. The van der Waals surface area contributed by atoms with Gasteiger partial charge in [0.15, 0.2) is 0 Å². The van der Waals surface area contributed by atoms with Crippen LogP contribution in [0.2, 0.25) is 0 Å². The van der Waals surface area contributed by atoms with E-state index in [9.17, 15) is 9.90 Å². The molecule has 3 rings (SSSR count). The van der Waals surface area contributed by atoms with E-state index in [-0.39, 0.29) is 17.0 Å². The van der Waals surface area contributed by atoms with Gasteiger partial charge >= 0.3 is 0 Å². The molecule has 0 bridgehead atoms. The quantitative estimate of drug-likeness (QED) is 0.746. The monoisotopic (exact) mass is 338 g/mol. The van der Waals surface area contributed by atoms with Crippen molar-refractivity contribution in [3.63, 3.8) is 0 Å². The summed E-state index contributed by atoms with van der Waals surface area (Å²) in [5.41, 5.74) is 8.07. The number of pyridine rings is 2. The average Bonchev–Trinajstić information content (AvgIpc) is 2.58. The number of aromatic hydroxyl groups is 1. The van der Waals surface area contributed by atoms with Gasteiger partial charge in [-0.1, -0.05) is 12.1 Å². The Morgan fingerprint density at radius 3 is 2.76 bits per heavy atom. The molecule has 0 radical (unpaired) electrons. The zero-order chi connectivity index (χ0) is 18.0. The Morgan fingerprint density at radius 2 is 2.04 bits per heavy atom. The highest BCUT2D eigenvalue weighted by Crippen LogP contribution is 2.32. The summed E-state index contributed by atoms with van der Waals surface area (Å²) in [7, 11) is 4.00. The molecule has 6 heteroatoms. The maximum atomic E-state index is 12.9. The summed E-state index contributed by atoms with van der Waals surface area (Å²) in [6.07, 6.45) is 2.50. The van der Waals surface area contributed by atoms with Crippen molar-refractivity contribution in [2.45, 2.75) is 13.0 Å². The first kappa shape index (κ1) is 17.0. The van der Waals surface area contributed by atoms with Crippen molar-refractivity contribution in [1.29, 1.82) is 0 Å². The van der Waals surface area contributed by atoms with Crippen LogP contribution >= 0.6 is 0 Å². The Morgan fingerprint density at radius 1 is 1.24 bits per heavy atom. The SMILES string of the molecule is CN(C)CCCn1c(=O)c(N)c(-c2cccc(O)c2)c2cccnc21. The van der Waals surface area contributed by atoms with Crippen LogP contribution in [0.4, 0.5) is 5.69 Å². The second-order valence-corrected chi connectivity index (χ2v) is 6.33. The van der Waals surface area contributed by atoms with E-state index >= 15 is 0 Å². The van der Waals surface area contributed by atoms with E-state index in [0.717, 1.165) is 18.4 Å². The molecule has 0 atom stereocenters. The van der Waals surface area contributed by atoms with Gasteiger partial charge in [0.1, 0.15) is 17.1 Å². The number of aryl methyl sites for hydroxylation is 1. The lowest BCUT2D eigenvalue weighted by atomic mass is 10.0. The van der Waals surface area contributed by atoms with E-state index in [2.05, 4.69) is 9.88 Å². The molecule has 0 saturated heterocycles.